The van der Waals surface area contributed by atoms with E-state index in [1.54, 1.807) is 0 Å². The zero-order valence-corrected chi connectivity index (χ0v) is 12.4. The fourth-order valence-electron chi connectivity index (χ4n) is 3.21. The van der Waals surface area contributed by atoms with E-state index in [-0.39, 0.29) is 17.4 Å². The standard InChI is InChI=1S/C17H26N2O/c1-14(15-8-4-2-5-9-15)19-16(20)12-17(13-18)10-6-3-7-11-17/h2,4-5,8-9,14H,3,6-7,10-13,18H2,1H3,(H,19,20)/t14-/m0/s1. The molecule has 0 bridgehead atoms. The van der Waals surface area contributed by atoms with Gasteiger partial charge in [0.15, 0.2) is 0 Å². The van der Waals surface area contributed by atoms with Crippen molar-refractivity contribution in [3.05, 3.63) is 35.9 Å². The topological polar surface area (TPSA) is 55.1 Å². The van der Waals surface area contributed by atoms with Gasteiger partial charge in [-0.1, -0.05) is 49.6 Å². The van der Waals surface area contributed by atoms with E-state index in [4.69, 9.17) is 5.73 Å². The molecule has 0 aromatic heterocycles. The molecule has 0 saturated heterocycles. The number of benzene rings is 1. The van der Waals surface area contributed by atoms with Gasteiger partial charge in [-0.3, -0.25) is 4.79 Å². The average Bonchev–Trinajstić information content (AvgIpc) is 2.49. The fraction of sp³-hybridized carbons (Fsp3) is 0.588. The Labute approximate surface area is 121 Å². The summed E-state index contributed by atoms with van der Waals surface area (Å²) in [5.74, 6) is 0.133. The zero-order valence-electron chi connectivity index (χ0n) is 12.4. The largest absolute Gasteiger partial charge is 0.350 e. The van der Waals surface area contributed by atoms with Crippen LogP contribution in [0.2, 0.25) is 0 Å². The minimum Gasteiger partial charge on any atom is -0.350 e. The maximum Gasteiger partial charge on any atom is 0.221 e. The quantitative estimate of drug-likeness (QED) is 0.866. The number of hydrogen-bond acceptors (Lipinski definition) is 2. The number of nitrogens with one attached hydrogen (secondary N) is 1. The smallest absolute Gasteiger partial charge is 0.221 e. The second-order valence-electron chi connectivity index (χ2n) is 6.14. The molecule has 1 aromatic carbocycles. The van der Waals surface area contributed by atoms with Crippen molar-refractivity contribution in [3.8, 4) is 0 Å². The van der Waals surface area contributed by atoms with Crippen molar-refractivity contribution in [1.29, 1.82) is 0 Å². The van der Waals surface area contributed by atoms with Crippen LogP contribution >= 0.6 is 0 Å². The molecule has 3 nitrogen and oxygen atoms in total. The van der Waals surface area contributed by atoms with Gasteiger partial charge in [0.05, 0.1) is 6.04 Å². The van der Waals surface area contributed by atoms with Crippen LogP contribution in [0.5, 0.6) is 0 Å². The van der Waals surface area contributed by atoms with Gasteiger partial charge in [-0.2, -0.15) is 0 Å². The van der Waals surface area contributed by atoms with Crippen LogP contribution in [-0.4, -0.2) is 12.5 Å². The first-order chi connectivity index (χ1) is 9.65. The Balaban J connectivity index is 1.91. The summed E-state index contributed by atoms with van der Waals surface area (Å²) >= 11 is 0. The molecule has 0 heterocycles. The number of amides is 1. The summed E-state index contributed by atoms with van der Waals surface area (Å²) in [7, 11) is 0. The van der Waals surface area contributed by atoms with Gasteiger partial charge in [0, 0.05) is 6.42 Å². The minimum absolute atomic E-state index is 0.0404. The van der Waals surface area contributed by atoms with Gasteiger partial charge < -0.3 is 11.1 Å². The Hall–Kier alpha value is -1.35. The molecule has 1 fully saturated rings. The first-order valence-corrected chi connectivity index (χ1v) is 7.70. The van der Waals surface area contributed by atoms with E-state index >= 15 is 0 Å². The Kier molecular flexibility index (Phi) is 5.18. The molecule has 0 aliphatic heterocycles. The SMILES string of the molecule is C[C@H](NC(=O)CC1(CN)CCCCC1)c1ccccc1. The summed E-state index contributed by atoms with van der Waals surface area (Å²) in [6, 6.07) is 10.1. The lowest BCUT2D eigenvalue weighted by Gasteiger charge is -2.36. The lowest BCUT2D eigenvalue weighted by Crippen LogP contribution is -2.39. The molecule has 110 valence electrons. The molecule has 20 heavy (non-hydrogen) atoms. The highest BCUT2D eigenvalue weighted by molar-refractivity contribution is 5.77. The number of carbonyl (C=O) groups excluding carboxylic acids is 1. The lowest BCUT2D eigenvalue weighted by molar-refractivity contribution is -0.124. The number of carbonyl (C=O) groups is 1. The van der Waals surface area contributed by atoms with Crippen LogP contribution in [0.25, 0.3) is 0 Å². The fourth-order valence-corrected chi connectivity index (χ4v) is 3.21. The molecule has 3 heteroatoms. The Morgan fingerprint density at radius 1 is 1.25 bits per heavy atom. The Bertz CT molecular complexity index is 424. The maximum atomic E-state index is 12.3. The normalized spacial score (nSPS) is 19.3. The minimum atomic E-state index is 0.0404. The van der Waals surface area contributed by atoms with E-state index in [1.165, 1.54) is 19.3 Å². The van der Waals surface area contributed by atoms with Crippen molar-refractivity contribution < 1.29 is 4.79 Å². The Morgan fingerprint density at radius 2 is 1.90 bits per heavy atom. The van der Waals surface area contributed by atoms with Crippen LogP contribution in [0.4, 0.5) is 0 Å². The summed E-state index contributed by atoms with van der Waals surface area (Å²) in [5.41, 5.74) is 7.13. The summed E-state index contributed by atoms with van der Waals surface area (Å²) in [5, 5.41) is 3.11. The van der Waals surface area contributed by atoms with E-state index < -0.39 is 0 Å². The Morgan fingerprint density at radius 3 is 2.50 bits per heavy atom. The third kappa shape index (κ3) is 3.83. The van der Waals surface area contributed by atoms with Crippen molar-refractivity contribution in [3.63, 3.8) is 0 Å². The van der Waals surface area contributed by atoms with Crippen molar-refractivity contribution >= 4 is 5.91 Å². The van der Waals surface area contributed by atoms with Gasteiger partial charge in [0.25, 0.3) is 0 Å². The van der Waals surface area contributed by atoms with E-state index in [9.17, 15) is 4.79 Å². The highest BCUT2D eigenvalue weighted by Gasteiger charge is 2.33. The lowest BCUT2D eigenvalue weighted by atomic mass is 9.71. The molecule has 1 atom stereocenters. The predicted molar refractivity (Wildman–Crippen MR) is 82.2 cm³/mol. The number of hydrogen-bond donors (Lipinski definition) is 2. The molecular formula is C17H26N2O. The molecule has 1 aromatic rings. The van der Waals surface area contributed by atoms with Gasteiger partial charge in [-0.25, -0.2) is 0 Å². The van der Waals surface area contributed by atoms with E-state index in [2.05, 4.69) is 5.32 Å². The molecule has 1 amide bonds. The summed E-state index contributed by atoms with van der Waals surface area (Å²) < 4.78 is 0. The van der Waals surface area contributed by atoms with Crippen LogP contribution in [-0.2, 0) is 4.79 Å². The third-order valence-corrected chi connectivity index (χ3v) is 4.56. The summed E-state index contributed by atoms with van der Waals surface area (Å²) in [4.78, 5) is 12.3. The van der Waals surface area contributed by atoms with Crippen LogP contribution in [0.1, 0.15) is 57.1 Å². The molecule has 0 unspecified atom stereocenters. The van der Waals surface area contributed by atoms with E-state index in [0.29, 0.717) is 13.0 Å². The highest BCUT2D eigenvalue weighted by Crippen LogP contribution is 2.38. The van der Waals surface area contributed by atoms with Gasteiger partial charge in [0.1, 0.15) is 0 Å². The molecule has 0 spiro atoms. The first-order valence-electron chi connectivity index (χ1n) is 7.70. The molecule has 1 aliphatic rings. The highest BCUT2D eigenvalue weighted by atomic mass is 16.1. The van der Waals surface area contributed by atoms with E-state index in [0.717, 1.165) is 18.4 Å². The van der Waals surface area contributed by atoms with Crippen LogP contribution in [0.15, 0.2) is 30.3 Å². The van der Waals surface area contributed by atoms with Gasteiger partial charge in [-0.05, 0) is 37.3 Å². The summed E-state index contributed by atoms with van der Waals surface area (Å²) in [6.45, 7) is 2.66. The average molecular weight is 274 g/mol. The summed E-state index contributed by atoms with van der Waals surface area (Å²) in [6.07, 6.45) is 6.45. The van der Waals surface area contributed by atoms with Gasteiger partial charge in [0.2, 0.25) is 5.91 Å². The van der Waals surface area contributed by atoms with Crippen LogP contribution in [0.3, 0.4) is 0 Å². The van der Waals surface area contributed by atoms with Crippen LogP contribution in [0, 0.1) is 5.41 Å². The second-order valence-corrected chi connectivity index (χ2v) is 6.14. The molecular weight excluding hydrogens is 248 g/mol. The van der Waals surface area contributed by atoms with E-state index in [1.807, 2.05) is 37.3 Å². The van der Waals surface area contributed by atoms with Gasteiger partial charge >= 0.3 is 0 Å². The monoisotopic (exact) mass is 274 g/mol. The molecule has 1 aliphatic carbocycles. The maximum absolute atomic E-state index is 12.3. The van der Waals surface area contributed by atoms with Crippen LogP contribution < -0.4 is 11.1 Å². The molecule has 1 saturated carbocycles. The molecule has 0 radical (unpaired) electrons. The van der Waals surface area contributed by atoms with Crippen molar-refractivity contribution in [2.75, 3.05) is 6.54 Å². The number of nitrogens with two attached hydrogens (primary N) is 1. The number of rotatable bonds is 5. The first kappa shape index (κ1) is 15.0. The molecule has 2 rings (SSSR count). The second kappa shape index (κ2) is 6.89. The predicted octanol–water partition coefficient (Wildman–Crippen LogP) is 3.16. The molecule has 3 N–H and O–H groups in total. The van der Waals surface area contributed by atoms with Gasteiger partial charge in [-0.15, -0.1) is 0 Å². The third-order valence-electron chi connectivity index (χ3n) is 4.56. The van der Waals surface area contributed by atoms with Crippen molar-refractivity contribution in [2.24, 2.45) is 11.1 Å². The van der Waals surface area contributed by atoms with Crippen molar-refractivity contribution in [2.45, 2.75) is 51.5 Å². The van der Waals surface area contributed by atoms with Crippen molar-refractivity contribution in [1.82, 2.24) is 5.32 Å². The zero-order chi connectivity index (χ0) is 14.4.